The summed E-state index contributed by atoms with van der Waals surface area (Å²) in [5, 5.41) is 9.17. The third kappa shape index (κ3) is 3.20. The highest BCUT2D eigenvalue weighted by molar-refractivity contribution is 5.97. The average molecular weight is 275 g/mol. The molecule has 108 valence electrons. The second-order valence-electron chi connectivity index (χ2n) is 4.90. The quantitative estimate of drug-likeness (QED) is 0.776. The zero-order valence-corrected chi connectivity index (χ0v) is 11.6. The van der Waals surface area contributed by atoms with E-state index in [1.807, 2.05) is 12.1 Å². The van der Waals surface area contributed by atoms with Crippen molar-refractivity contribution in [3.63, 3.8) is 0 Å². The lowest BCUT2D eigenvalue weighted by molar-refractivity contribution is 0.0522. The topological polar surface area (TPSA) is 49.8 Å². The Bertz CT molecular complexity index is 469. The first-order valence-corrected chi connectivity index (χ1v) is 7.02. The second kappa shape index (κ2) is 7.10. The Morgan fingerprint density at radius 1 is 1.45 bits per heavy atom. The fraction of sp³-hybridized carbons (Fsp3) is 0.438. The number of ether oxygens (including phenoxy) is 1. The van der Waals surface area contributed by atoms with Gasteiger partial charge in [-0.15, -0.1) is 0 Å². The van der Waals surface area contributed by atoms with Crippen molar-refractivity contribution in [3.8, 4) is 5.75 Å². The number of hydrogen-bond donors (Lipinski definition) is 1. The Morgan fingerprint density at radius 2 is 2.20 bits per heavy atom. The highest BCUT2D eigenvalue weighted by Crippen LogP contribution is 2.28. The lowest BCUT2D eigenvalue weighted by atomic mass is 9.91. The molecule has 0 radical (unpaired) electrons. The maximum Gasteiger partial charge on any atom is 0.257 e. The third-order valence-electron chi connectivity index (χ3n) is 3.59. The predicted molar refractivity (Wildman–Crippen MR) is 77.9 cm³/mol. The van der Waals surface area contributed by atoms with Crippen molar-refractivity contribution < 1.29 is 14.6 Å². The molecule has 1 N–H and O–H groups in total. The van der Waals surface area contributed by atoms with Gasteiger partial charge in [0.25, 0.3) is 5.91 Å². The number of carbonyl (C=O) groups excluding carboxylic acids is 1. The van der Waals surface area contributed by atoms with Crippen molar-refractivity contribution in [1.29, 1.82) is 0 Å². The van der Waals surface area contributed by atoms with Crippen molar-refractivity contribution in [1.82, 2.24) is 4.90 Å². The summed E-state index contributed by atoms with van der Waals surface area (Å²) >= 11 is 0. The minimum atomic E-state index is -0.0663. The molecule has 0 spiro atoms. The number of amides is 1. The molecule has 0 aromatic heterocycles. The van der Waals surface area contributed by atoms with Crippen LogP contribution in [0.2, 0.25) is 0 Å². The number of hydrogen-bond acceptors (Lipinski definition) is 3. The molecular weight excluding hydrogens is 254 g/mol. The number of aliphatic hydroxyl groups is 1. The molecule has 1 aliphatic carbocycles. The first-order chi connectivity index (χ1) is 9.77. The Labute approximate surface area is 119 Å². The highest BCUT2D eigenvalue weighted by atomic mass is 16.5. The van der Waals surface area contributed by atoms with Crippen LogP contribution in [0.25, 0.3) is 0 Å². The molecule has 0 heterocycles. The Morgan fingerprint density at radius 3 is 2.80 bits per heavy atom. The number of carbonyl (C=O) groups is 1. The number of aliphatic hydroxyl groups excluding tert-OH is 1. The van der Waals surface area contributed by atoms with E-state index >= 15 is 0 Å². The Hall–Kier alpha value is -1.81. The molecule has 20 heavy (non-hydrogen) atoms. The van der Waals surface area contributed by atoms with E-state index in [2.05, 4.69) is 6.58 Å². The van der Waals surface area contributed by atoms with Crippen LogP contribution in [-0.4, -0.2) is 41.7 Å². The van der Waals surface area contributed by atoms with Gasteiger partial charge >= 0.3 is 0 Å². The summed E-state index contributed by atoms with van der Waals surface area (Å²) in [4.78, 5) is 14.4. The van der Waals surface area contributed by atoms with E-state index in [9.17, 15) is 9.90 Å². The molecular formula is C16H21NO3. The first-order valence-electron chi connectivity index (χ1n) is 7.02. The normalized spacial score (nSPS) is 14.4. The van der Waals surface area contributed by atoms with Gasteiger partial charge in [-0.1, -0.05) is 24.8 Å². The lowest BCUT2D eigenvalue weighted by Crippen LogP contribution is -2.45. The molecule has 0 aliphatic heterocycles. The first kappa shape index (κ1) is 14.6. The molecule has 1 aliphatic rings. The number of benzene rings is 1. The van der Waals surface area contributed by atoms with Crippen molar-refractivity contribution >= 4 is 5.91 Å². The number of nitrogens with zero attached hydrogens (tertiary/aromatic N) is 1. The molecule has 0 saturated heterocycles. The van der Waals surface area contributed by atoms with E-state index in [0.717, 1.165) is 19.3 Å². The van der Waals surface area contributed by atoms with Crippen LogP contribution in [0.4, 0.5) is 0 Å². The fourth-order valence-electron chi connectivity index (χ4n) is 2.33. The standard InChI is InChI=1S/C16H21NO3/c1-2-12-20-15-9-4-3-8-14(15)16(19)17(10-11-18)13-6-5-7-13/h2-4,8-9,13,18H,1,5-7,10-12H2. The summed E-state index contributed by atoms with van der Waals surface area (Å²) in [6, 6.07) is 7.47. The van der Waals surface area contributed by atoms with Gasteiger partial charge in [-0.05, 0) is 31.4 Å². The van der Waals surface area contributed by atoms with Crippen LogP contribution in [0.3, 0.4) is 0 Å². The van der Waals surface area contributed by atoms with Crippen LogP contribution in [0.15, 0.2) is 36.9 Å². The zero-order valence-electron chi connectivity index (χ0n) is 11.6. The molecule has 4 heteroatoms. The molecule has 1 fully saturated rings. The van der Waals surface area contributed by atoms with Crippen LogP contribution in [-0.2, 0) is 0 Å². The van der Waals surface area contributed by atoms with E-state index in [1.54, 1.807) is 23.1 Å². The van der Waals surface area contributed by atoms with Gasteiger partial charge < -0.3 is 14.7 Å². The summed E-state index contributed by atoms with van der Waals surface area (Å²) in [5.41, 5.74) is 0.551. The largest absolute Gasteiger partial charge is 0.489 e. The van der Waals surface area contributed by atoms with Gasteiger partial charge in [0.2, 0.25) is 0 Å². The van der Waals surface area contributed by atoms with Crippen molar-refractivity contribution in [2.75, 3.05) is 19.8 Å². The van der Waals surface area contributed by atoms with Crippen molar-refractivity contribution in [2.45, 2.75) is 25.3 Å². The summed E-state index contributed by atoms with van der Waals surface area (Å²) in [5.74, 6) is 0.503. The molecule has 0 atom stereocenters. The van der Waals surface area contributed by atoms with Gasteiger partial charge in [-0.25, -0.2) is 0 Å². The Kier molecular flexibility index (Phi) is 5.18. The molecule has 0 bridgehead atoms. The van der Waals surface area contributed by atoms with Crippen LogP contribution >= 0.6 is 0 Å². The van der Waals surface area contributed by atoms with E-state index in [1.165, 1.54) is 0 Å². The van der Waals surface area contributed by atoms with E-state index < -0.39 is 0 Å². The van der Waals surface area contributed by atoms with Crippen LogP contribution in [0.1, 0.15) is 29.6 Å². The van der Waals surface area contributed by atoms with Gasteiger partial charge in [0.15, 0.2) is 0 Å². The monoisotopic (exact) mass is 275 g/mol. The smallest absolute Gasteiger partial charge is 0.257 e. The predicted octanol–water partition coefficient (Wildman–Crippen LogP) is 2.24. The summed E-state index contributed by atoms with van der Waals surface area (Å²) < 4.78 is 5.54. The third-order valence-corrected chi connectivity index (χ3v) is 3.59. The number of para-hydroxylation sites is 1. The molecule has 0 unspecified atom stereocenters. The average Bonchev–Trinajstić information content (AvgIpc) is 2.42. The van der Waals surface area contributed by atoms with E-state index in [-0.39, 0.29) is 18.6 Å². The van der Waals surface area contributed by atoms with Crippen LogP contribution < -0.4 is 4.74 Å². The maximum atomic E-state index is 12.7. The summed E-state index contributed by atoms with van der Waals surface area (Å²) in [6.45, 7) is 4.34. The van der Waals surface area contributed by atoms with Gasteiger partial charge in [-0.2, -0.15) is 0 Å². The van der Waals surface area contributed by atoms with Gasteiger partial charge in [0, 0.05) is 12.6 Å². The zero-order chi connectivity index (χ0) is 14.4. The van der Waals surface area contributed by atoms with E-state index in [0.29, 0.717) is 24.5 Å². The van der Waals surface area contributed by atoms with Gasteiger partial charge in [0.05, 0.1) is 12.2 Å². The number of rotatable bonds is 7. The summed E-state index contributed by atoms with van der Waals surface area (Å²) in [6.07, 6.45) is 4.83. The van der Waals surface area contributed by atoms with Crippen LogP contribution in [0.5, 0.6) is 5.75 Å². The van der Waals surface area contributed by atoms with Gasteiger partial charge in [0.1, 0.15) is 12.4 Å². The molecule has 2 rings (SSSR count). The minimum Gasteiger partial charge on any atom is -0.489 e. The molecule has 1 saturated carbocycles. The SMILES string of the molecule is C=CCOc1ccccc1C(=O)N(CCO)C1CCC1. The maximum absolute atomic E-state index is 12.7. The molecule has 1 aromatic rings. The lowest BCUT2D eigenvalue weighted by Gasteiger charge is -2.37. The van der Waals surface area contributed by atoms with Crippen LogP contribution in [0, 0.1) is 0 Å². The molecule has 1 aromatic carbocycles. The van der Waals surface area contributed by atoms with Crippen molar-refractivity contribution in [2.24, 2.45) is 0 Å². The second-order valence-corrected chi connectivity index (χ2v) is 4.90. The summed E-state index contributed by atoms with van der Waals surface area (Å²) in [7, 11) is 0. The fourth-order valence-corrected chi connectivity index (χ4v) is 2.33. The van der Waals surface area contributed by atoms with E-state index in [4.69, 9.17) is 4.74 Å². The molecule has 1 amide bonds. The minimum absolute atomic E-state index is 0.0160. The Balaban J connectivity index is 2.19. The molecule has 4 nitrogen and oxygen atoms in total. The van der Waals surface area contributed by atoms with Crippen molar-refractivity contribution in [3.05, 3.63) is 42.5 Å². The van der Waals surface area contributed by atoms with Gasteiger partial charge in [-0.3, -0.25) is 4.79 Å². The highest BCUT2D eigenvalue weighted by Gasteiger charge is 2.30.